The van der Waals surface area contributed by atoms with Crippen LogP contribution in [0, 0.1) is 0 Å². The first-order chi connectivity index (χ1) is 22.3. The first-order valence-corrected chi connectivity index (χ1v) is 15.8. The van der Waals surface area contributed by atoms with Crippen LogP contribution in [0.2, 0.25) is 0 Å². The molecule has 0 fully saturated rings. The molecule has 7 aromatic carbocycles. The van der Waals surface area contributed by atoms with Crippen LogP contribution in [0.5, 0.6) is 0 Å². The molecule has 0 radical (unpaired) electrons. The third-order valence-corrected chi connectivity index (χ3v) is 9.64. The molecule has 9 aromatic rings. The molecule has 0 aliphatic heterocycles. The fourth-order valence-corrected chi connectivity index (χ4v) is 7.32. The Morgan fingerprint density at radius 1 is 0.356 bits per heavy atom. The predicted molar refractivity (Wildman–Crippen MR) is 189 cm³/mol. The highest BCUT2D eigenvalue weighted by molar-refractivity contribution is 7.22. The molecule has 210 valence electrons. The number of hydrogen-bond donors (Lipinski definition) is 0. The molecule has 9 rings (SSSR count). The van der Waals surface area contributed by atoms with Gasteiger partial charge in [0.05, 0.1) is 4.88 Å². The van der Waals surface area contributed by atoms with Crippen molar-refractivity contribution in [2.75, 3.05) is 0 Å². The second kappa shape index (κ2) is 10.5. The summed E-state index contributed by atoms with van der Waals surface area (Å²) in [5.74, 6) is 2.02. The van der Waals surface area contributed by atoms with E-state index in [0.29, 0.717) is 17.5 Å². The largest absolute Gasteiger partial charge is 0.208 e. The fraction of sp³-hybridized carbons (Fsp3) is 0. The van der Waals surface area contributed by atoms with Gasteiger partial charge in [-0.1, -0.05) is 133 Å². The standard InChI is InChI=1S/C41H25N3S/c1-2-10-26(11-3-1)27-18-20-29(21-19-27)39-42-40(37-25-31-14-6-9-17-36(31)45-37)44-41(43-39)38-33-16-8-5-13-30(33)24-35-32-15-7-4-12-28(32)22-23-34(35)38/h1-25H. The topological polar surface area (TPSA) is 38.7 Å². The molecule has 2 heterocycles. The Morgan fingerprint density at radius 2 is 0.978 bits per heavy atom. The van der Waals surface area contributed by atoms with Gasteiger partial charge in [0.15, 0.2) is 17.5 Å². The van der Waals surface area contributed by atoms with Crippen LogP contribution in [-0.4, -0.2) is 15.0 Å². The van der Waals surface area contributed by atoms with Crippen molar-refractivity contribution in [1.82, 2.24) is 15.0 Å². The molecule has 0 spiro atoms. The van der Waals surface area contributed by atoms with Gasteiger partial charge in [0.1, 0.15) is 0 Å². The molecule has 3 nitrogen and oxygen atoms in total. The van der Waals surface area contributed by atoms with Crippen molar-refractivity contribution in [3.05, 3.63) is 152 Å². The number of rotatable bonds is 4. The summed E-state index contributed by atoms with van der Waals surface area (Å²) in [6.07, 6.45) is 0. The van der Waals surface area contributed by atoms with Crippen molar-refractivity contribution in [2.24, 2.45) is 0 Å². The molecule has 45 heavy (non-hydrogen) atoms. The van der Waals surface area contributed by atoms with Crippen LogP contribution in [0.3, 0.4) is 0 Å². The second-order valence-corrected chi connectivity index (χ2v) is 12.3. The molecule has 2 aromatic heterocycles. The van der Waals surface area contributed by atoms with E-state index in [2.05, 4.69) is 146 Å². The Labute approximate surface area is 264 Å². The highest BCUT2D eigenvalue weighted by atomic mass is 32.1. The summed E-state index contributed by atoms with van der Waals surface area (Å²) in [6, 6.07) is 53.4. The van der Waals surface area contributed by atoms with Gasteiger partial charge >= 0.3 is 0 Å². The molecule has 0 unspecified atom stereocenters. The van der Waals surface area contributed by atoms with E-state index in [1.165, 1.54) is 31.8 Å². The quantitative estimate of drug-likeness (QED) is 0.151. The van der Waals surface area contributed by atoms with E-state index in [1.807, 2.05) is 6.07 Å². The minimum atomic E-state index is 0.661. The summed E-state index contributed by atoms with van der Waals surface area (Å²) in [5, 5.41) is 8.23. The molecule has 0 saturated carbocycles. The zero-order valence-electron chi connectivity index (χ0n) is 24.2. The number of thiophene rings is 1. The summed E-state index contributed by atoms with van der Waals surface area (Å²) >= 11 is 1.71. The Kier molecular flexibility index (Phi) is 6.00. The molecular weight excluding hydrogens is 567 g/mol. The SMILES string of the molecule is c1ccc(-c2ccc(-c3nc(-c4cc5ccccc5s4)nc(-c4c5ccccc5cc5c4ccc4ccccc45)n3)cc2)cc1. The number of aromatic nitrogens is 3. The van der Waals surface area contributed by atoms with Crippen molar-refractivity contribution in [3.63, 3.8) is 0 Å². The average Bonchev–Trinajstić information content (AvgIpc) is 3.56. The normalized spacial score (nSPS) is 11.6. The third kappa shape index (κ3) is 4.46. The van der Waals surface area contributed by atoms with E-state index in [4.69, 9.17) is 15.0 Å². The Morgan fingerprint density at radius 3 is 1.80 bits per heavy atom. The smallest absolute Gasteiger partial charge is 0.174 e. The van der Waals surface area contributed by atoms with E-state index in [-0.39, 0.29) is 0 Å². The minimum absolute atomic E-state index is 0.661. The third-order valence-electron chi connectivity index (χ3n) is 8.53. The molecule has 0 atom stereocenters. The first-order valence-electron chi connectivity index (χ1n) is 15.0. The van der Waals surface area contributed by atoms with Crippen molar-refractivity contribution in [2.45, 2.75) is 0 Å². The minimum Gasteiger partial charge on any atom is -0.208 e. The molecule has 0 N–H and O–H groups in total. The van der Waals surface area contributed by atoms with Crippen molar-refractivity contribution in [1.29, 1.82) is 0 Å². The van der Waals surface area contributed by atoms with Crippen LogP contribution in [0.25, 0.3) is 87.0 Å². The second-order valence-electron chi connectivity index (χ2n) is 11.3. The number of benzene rings is 7. The van der Waals surface area contributed by atoms with E-state index >= 15 is 0 Å². The van der Waals surface area contributed by atoms with Gasteiger partial charge in [-0.2, -0.15) is 0 Å². The van der Waals surface area contributed by atoms with Gasteiger partial charge in [-0.3, -0.25) is 0 Å². The van der Waals surface area contributed by atoms with Crippen LogP contribution in [0.1, 0.15) is 0 Å². The Bertz CT molecular complexity index is 2500. The molecule has 0 aliphatic carbocycles. The lowest BCUT2D eigenvalue weighted by Gasteiger charge is -2.14. The molecule has 0 aliphatic rings. The monoisotopic (exact) mass is 591 g/mol. The summed E-state index contributed by atoms with van der Waals surface area (Å²) in [7, 11) is 0. The van der Waals surface area contributed by atoms with Crippen LogP contribution in [0.4, 0.5) is 0 Å². The van der Waals surface area contributed by atoms with Gasteiger partial charge < -0.3 is 0 Å². The lowest BCUT2D eigenvalue weighted by Crippen LogP contribution is -2.00. The van der Waals surface area contributed by atoms with Crippen LogP contribution in [-0.2, 0) is 0 Å². The van der Waals surface area contributed by atoms with Gasteiger partial charge in [0.2, 0.25) is 0 Å². The summed E-state index contributed by atoms with van der Waals surface area (Å²) < 4.78 is 1.21. The van der Waals surface area contributed by atoms with E-state index in [1.54, 1.807) is 11.3 Å². The van der Waals surface area contributed by atoms with Gasteiger partial charge in [-0.05, 0) is 67.0 Å². The van der Waals surface area contributed by atoms with Gasteiger partial charge in [0.25, 0.3) is 0 Å². The van der Waals surface area contributed by atoms with Crippen molar-refractivity contribution in [3.8, 4) is 44.6 Å². The molecule has 0 amide bonds. The lowest BCUT2D eigenvalue weighted by atomic mass is 9.93. The maximum absolute atomic E-state index is 5.23. The Balaban J connectivity index is 1.32. The predicted octanol–water partition coefficient (Wildman–Crippen LogP) is 11.2. The van der Waals surface area contributed by atoms with Gasteiger partial charge in [0, 0.05) is 15.8 Å². The summed E-state index contributed by atoms with van der Waals surface area (Å²) in [5.41, 5.74) is 4.32. The van der Waals surface area contributed by atoms with Crippen LogP contribution in [0.15, 0.2) is 152 Å². The van der Waals surface area contributed by atoms with Crippen molar-refractivity contribution >= 4 is 53.7 Å². The summed E-state index contributed by atoms with van der Waals surface area (Å²) in [6.45, 7) is 0. The Hall–Kier alpha value is -5.71. The summed E-state index contributed by atoms with van der Waals surface area (Å²) in [4.78, 5) is 16.6. The molecule has 0 bridgehead atoms. The number of fused-ring (bicyclic) bond motifs is 5. The average molecular weight is 592 g/mol. The first kappa shape index (κ1) is 25.8. The maximum atomic E-state index is 5.23. The lowest BCUT2D eigenvalue weighted by molar-refractivity contribution is 1.08. The number of nitrogens with zero attached hydrogens (tertiary/aromatic N) is 3. The highest BCUT2D eigenvalue weighted by Crippen LogP contribution is 2.40. The van der Waals surface area contributed by atoms with Crippen LogP contribution >= 0.6 is 11.3 Å². The highest BCUT2D eigenvalue weighted by Gasteiger charge is 2.19. The molecule has 4 heteroatoms. The van der Waals surface area contributed by atoms with E-state index in [0.717, 1.165) is 37.7 Å². The van der Waals surface area contributed by atoms with E-state index < -0.39 is 0 Å². The van der Waals surface area contributed by atoms with E-state index in [9.17, 15) is 0 Å². The fourth-order valence-electron chi connectivity index (χ4n) is 6.32. The van der Waals surface area contributed by atoms with Crippen LogP contribution < -0.4 is 0 Å². The van der Waals surface area contributed by atoms with Crippen molar-refractivity contribution < 1.29 is 0 Å². The van der Waals surface area contributed by atoms with Gasteiger partial charge in [-0.15, -0.1) is 11.3 Å². The maximum Gasteiger partial charge on any atom is 0.174 e. The number of hydrogen-bond acceptors (Lipinski definition) is 4. The zero-order chi connectivity index (χ0) is 29.7. The molecule has 0 saturated heterocycles. The van der Waals surface area contributed by atoms with Gasteiger partial charge in [-0.25, -0.2) is 15.0 Å². The molecular formula is C41H25N3S. The zero-order valence-corrected chi connectivity index (χ0v) is 25.0.